The average molecular weight is 869 g/mol. The van der Waals surface area contributed by atoms with E-state index in [1.807, 2.05) is 24.3 Å². The lowest BCUT2D eigenvalue weighted by atomic mass is 9.83. The number of fused-ring (bicyclic) bond motifs is 8. The van der Waals surface area contributed by atoms with E-state index < -0.39 is 0 Å². The van der Waals surface area contributed by atoms with Crippen molar-refractivity contribution in [1.82, 2.24) is 0 Å². The van der Waals surface area contributed by atoms with Crippen LogP contribution in [0.5, 0.6) is 23.0 Å². The molecule has 0 unspecified atom stereocenters. The SMILES string of the molecule is c1cc(-c2ccc3ccccc3c2)cc(-c2c3cc(N4c5ccccc5Oc5ccccc54)ccc3c(-c3cccc4ccccc34)c3cc(N4c5ccccc5Oc5ccccc54)ccc23)c1. The highest BCUT2D eigenvalue weighted by molar-refractivity contribution is 6.25. The molecule has 4 nitrogen and oxygen atoms in total. The van der Waals surface area contributed by atoms with E-state index in [0.717, 1.165) is 84.4 Å². The minimum Gasteiger partial charge on any atom is -0.453 e. The highest BCUT2D eigenvalue weighted by atomic mass is 16.5. The molecule has 0 saturated carbocycles. The van der Waals surface area contributed by atoms with Gasteiger partial charge >= 0.3 is 0 Å². The first-order chi connectivity index (χ1) is 33.7. The summed E-state index contributed by atoms with van der Waals surface area (Å²) in [7, 11) is 0. The Labute approximate surface area is 393 Å². The zero-order valence-corrected chi connectivity index (χ0v) is 36.8. The minimum atomic E-state index is 0.823. The monoisotopic (exact) mass is 868 g/mol. The van der Waals surface area contributed by atoms with Crippen LogP contribution < -0.4 is 19.3 Å². The van der Waals surface area contributed by atoms with Crippen LogP contribution in [0, 0.1) is 0 Å². The number of ether oxygens (including phenoxy) is 2. The zero-order valence-electron chi connectivity index (χ0n) is 36.8. The van der Waals surface area contributed by atoms with Crippen molar-refractivity contribution in [3.8, 4) is 56.4 Å². The van der Waals surface area contributed by atoms with Crippen molar-refractivity contribution >= 4 is 77.2 Å². The van der Waals surface area contributed by atoms with Gasteiger partial charge in [-0.2, -0.15) is 0 Å². The van der Waals surface area contributed by atoms with Gasteiger partial charge < -0.3 is 19.3 Å². The van der Waals surface area contributed by atoms with E-state index in [0.29, 0.717) is 0 Å². The van der Waals surface area contributed by atoms with E-state index in [1.165, 1.54) is 49.2 Å². The fourth-order valence-corrected chi connectivity index (χ4v) is 10.7. The Bertz CT molecular complexity index is 3930. The molecule has 0 aromatic heterocycles. The van der Waals surface area contributed by atoms with Gasteiger partial charge in [0, 0.05) is 11.4 Å². The molecule has 0 saturated heterocycles. The number of benzene rings is 12. The van der Waals surface area contributed by atoms with E-state index in [2.05, 4.69) is 228 Å². The van der Waals surface area contributed by atoms with E-state index in [4.69, 9.17) is 9.47 Å². The molecule has 0 atom stereocenters. The molecule has 12 aromatic rings. The third kappa shape index (κ3) is 6.01. The Morgan fingerprint density at radius 1 is 0.250 bits per heavy atom. The van der Waals surface area contributed by atoms with Gasteiger partial charge in [-0.25, -0.2) is 0 Å². The van der Waals surface area contributed by atoms with Crippen molar-refractivity contribution in [2.24, 2.45) is 0 Å². The van der Waals surface area contributed by atoms with E-state index in [9.17, 15) is 0 Å². The molecular weight excluding hydrogens is 829 g/mol. The Morgan fingerprint density at radius 2 is 0.706 bits per heavy atom. The first kappa shape index (κ1) is 38.2. The van der Waals surface area contributed by atoms with Crippen LogP contribution in [0.1, 0.15) is 0 Å². The summed E-state index contributed by atoms with van der Waals surface area (Å²) < 4.78 is 13.0. The molecular formula is C64H40N2O2. The number of anilines is 6. The van der Waals surface area contributed by atoms with E-state index in [1.54, 1.807) is 0 Å². The first-order valence-electron chi connectivity index (χ1n) is 23.2. The van der Waals surface area contributed by atoms with Gasteiger partial charge in [0.05, 0.1) is 22.7 Å². The highest BCUT2D eigenvalue weighted by Gasteiger charge is 2.29. The second-order valence-corrected chi connectivity index (χ2v) is 17.6. The summed E-state index contributed by atoms with van der Waals surface area (Å²) in [5, 5.41) is 9.50. The molecule has 0 amide bonds. The number of hydrogen-bond donors (Lipinski definition) is 0. The van der Waals surface area contributed by atoms with Crippen LogP contribution in [-0.2, 0) is 0 Å². The number of rotatable bonds is 5. The molecule has 4 heteroatoms. The molecule has 0 N–H and O–H groups in total. The molecule has 12 aromatic carbocycles. The van der Waals surface area contributed by atoms with Crippen LogP contribution in [0.15, 0.2) is 243 Å². The number of para-hydroxylation sites is 8. The molecule has 0 radical (unpaired) electrons. The Kier molecular flexibility index (Phi) is 8.55. The van der Waals surface area contributed by atoms with Crippen molar-refractivity contribution in [1.29, 1.82) is 0 Å². The molecule has 0 spiro atoms. The van der Waals surface area contributed by atoms with Crippen molar-refractivity contribution in [3.05, 3.63) is 243 Å². The summed E-state index contributed by atoms with van der Waals surface area (Å²) in [6.07, 6.45) is 0. The van der Waals surface area contributed by atoms with Gasteiger partial charge in [-0.15, -0.1) is 0 Å². The van der Waals surface area contributed by atoms with Gasteiger partial charge in [0.15, 0.2) is 23.0 Å². The fourth-order valence-electron chi connectivity index (χ4n) is 10.7. The third-order valence-corrected chi connectivity index (χ3v) is 13.8. The predicted molar refractivity (Wildman–Crippen MR) is 282 cm³/mol. The molecule has 2 aliphatic rings. The predicted octanol–water partition coefficient (Wildman–Crippen LogP) is 18.5. The van der Waals surface area contributed by atoms with Crippen LogP contribution in [0.25, 0.3) is 76.5 Å². The van der Waals surface area contributed by atoms with Crippen LogP contribution in [0.3, 0.4) is 0 Å². The highest BCUT2D eigenvalue weighted by Crippen LogP contribution is 2.55. The third-order valence-electron chi connectivity index (χ3n) is 13.8. The van der Waals surface area contributed by atoms with Crippen molar-refractivity contribution in [2.75, 3.05) is 9.80 Å². The smallest absolute Gasteiger partial charge is 0.151 e. The van der Waals surface area contributed by atoms with E-state index in [-0.39, 0.29) is 0 Å². The molecule has 2 aliphatic heterocycles. The second kappa shape index (κ2) is 15.2. The lowest BCUT2D eigenvalue weighted by molar-refractivity contribution is 0.477. The lowest BCUT2D eigenvalue weighted by Gasteiger charge is -2.33. The van der Waals surface area contributed by atoms with Gasteiger partial charge in [-0.05, 0) is 161 Å². The van der Waals surface area contributed by atoms with Gasteiger partial charge in [0.1, 0.15) is 0 Å². The van der Waals surface area contributed by atoms with Gasteiger partial charge in [0.25, 0.3) is 0 Å². The maximum Gasteiger partial charge on any atom is 0.151 e. The standard InChI is InChI=1S/C64H40N2O2/c1-2-17-43-37-45(32-31-41(43)15-1)44-19-13-20-46(38-44)63-51-35-33-48(66-57-25-7-11-29-61(57)68-62-30-12-8-26-58(62)66)40-54(51)64(50-22-14-18-42-16-3-4-21-49(42)50)52-36-34-47(39-53(52)63)65-55-23-5-9-27-59(55)67-60-28-10-6-24-56(60)65/h1-40H. The molecule has 14 rings (SSSR count). The van der Waals surface area contributed by atoms with Crippen LogP contribution >= 0.6 is 0 Å². The average Bonchev–Trinajstić information content (AvgIpc) is 3.40. The molecule has 0 aliphatic carbocycles. The van der Waals surface area contributed by atoms with E-state index >= 15 is 0 Å². The quantitative estimate of drug-likeness (QED) is 0.161. The topological polar surface area (TPSA) is 24.9 Å². The number of hydrogen-bond acceptors (Lipinski definition) is 4. The fraction of sp³-hybridized carbons (Fsp3) is 0. The first-order valence-corrected chi connectivity index (χ1v) is 23.2. The Balaban J connectivity index is 1.10. The van der Waals surface area contributed by atoms with Crippen LogP contribution in [0.2, 0.25) is 0 Å². The van der Waals surface area contributed by atoms with Crippen molar-refractivity contribution in [2.45, 2.75) is 0 Å². The molecule has 0 fully saturated rings. The van der Waals surface area contributed by atoms with Crippen molar-refractivity contribution < 1.29 is 9.47 Å². The minimum absolute atomic E-state index is 0.823. The normalized spacial score (nSPS) is 12.6. The Morgan fingerprint density at radius 3 is 1.32 bits per heavy atom. The summed E-state index contributed by atoms with van der Waals surface area (Å²) in [5.74, 6) is 3.29. The Hall–Kier alpha value is -9.12. The lowest BCUT2D eigenvalue weighted by Crippen LogP contribution is -2.16. The molecule has 0 bridgehead atoms. The maximum absolute atomic E-state index is 6.52. The molecule has 68 heavy (non-hydrogen) atoms. The zero-order chi connectivity index (χ0) is 44.7. The maximum atomic E-state index is 6.52. The van der Waals surface area contributed by atoms with Crippen LogP contribution in [-0.4, -0.2) is 0 Å². The van der Waals surface area contributed by atoms with Gasteiger partial charge in [-0.3, -0.25) is 0 Å². The van der Waals surface area contributed by atoms with Gasteiger partial charge in [0.2, 0.25) is 0 Å². The van der Waals surface area contributed by atoms with Crippen LogP contribution in [0.4, 0.5) is 34.1 Å². The summed E-state index contributed by atoms with van der Waals surface area (Å²) in [6, 6.07) is 87.4. The van der Waals surface area contributed by atoms with Gasteiger partial charge in [-0.1, -0.05) is 158 Å². The summed E-state index contributed by atoms with van der Waals surface area (Å²) in [5.41, 5.74) is 13.1. The summed E-state index contributed by atoms with van der Waals surface area (Å²) in [4.78, 5) is 4.70. The summed E-state index contributed by atoms with van der Waals surface area (Å²) >= 11 is 0. The molecule has 318 valence electrons. The molecule has 2 heterocycles. The summed E-state index contributed by atoms with van der Waals surface area (Å²) in [6.45, 7) is 0. The number of nitrogens with zero attached hydrogens (tertiary/aromatic N) is 2. The largest absolute Gasteiger partial charge is 0.453 e. The van der Waals surface area contributed by atoms with Crippen molar-refractivity contribution in [3.63, 3.8) is 0 Å². The second-order valence-electron chi connectivity index (χ2n) is 17.6.